The summed E-state index contributed by atoms with van der Waals surface area (Å²) < 4.78 is 5.71. The molecule has 1 aromatic carbocycles. The van der Waals surface area contributed by atoms with E-state index < -0.39 is 12.0 Å². The van der Waals surface area contributed by atoms with Gasteiger partial charge in [0.1, 0.15) is 18.4 Å². The number of carboxylic acids is 1. The number of likely N-dealkylation sites (tertiary alicyclic amines) is 1. The van der Waals surface area contributed by atoms with Gasteiger partial charge in [0.25, 0.3) is 5.91 Å². The topological polar surface area (TPSA) is 91.8 Å². The Balaban J connectivity index is 1.63. The summed E-state index contributed by atoms with van der Waals surface area (Å²) in [6, 6.07) is 7.69. The lowest BCUT2D eigenvalue weighted by Gasteiger charge is -2.33. The predicted molar refractivity (Wildman–Crippen MR) is 106 cm³/mol. The highest BCUT2D eigenvalue weighted by Crippen LogP contribution is 2.25. The number of rotatable bonds is 7. The Kier molecular flexibility index (Phi) is 6.71. The number of pyridine rings is 1. The minimum Gasteiger partial charge on any atom is -0.492 e. The number of nitrogens with one attached hydrogen (secondary N) is 1. The second-order valence-electron chi connectivity index (χ2n) is 6.54. The van der Waals surface area contributed by atoms with E-state index in [1.54, 1.807) is 30.6 Å². The second-order valence-corrected chi connectivity index (χ2v) is 6.97. The van der Waals surface area contributed by atoms with Gasteiger partial charge in [-0.2, -0.15) is 0 Å². The number of piperidine rings is 1. The molecule has 1 unspecified atom stereocenters. The summed E-state index contributed by atoms with van der Waals surface area (Å²) in [5.41, 5.74) is 1.27. The van der Waals surface area contributed by atoms with Crippen LogP contribution in [0.1, 0.15) is 29.6 Å². The summed E-state index contributed by atoms with van der Waals surface area (Å²) in [6.07, 6.45) is 5.45. The first-order chi connectivity index (χ1) is 13.5. The van der Waals surface area contributed by atoms with Crippen molar-refractivity contribution in [1.82, 2.24) is 9.88 Å². The summed E-state index contributed by atoms with van der Waals surface area (Å²) in [5, 5.41) is 13.0. The quantitative estimate of drug-likeness (QED) is 0.689. The number of anilines is 1. The minimum absolute atomic E-state index is 0.331. The summed E-state index contributed by atoms with van der Waals surface area (Å²) in [5.74, 6) is -0.848. The van der Waals surface area contributed by atoms with Crippen LogP contribution in [0, 0.1) is 0 Å². The lowest BCUT2D eigenvalue weighted by molar-refractivity contribution is -0.143. The van der Waals surface area contributed by atoms with Gasteiger partial charge in [0.2, 0.25) is 0 Å². The molecule has 1 amide bonds. The standard InChI is InChI=1S/C20H22ClN3O4/c21-15-11-14(19(25)24-9-2-1-3-18(24)20(26)27)12-17(13-15)28-10-8-23-16-4-6-22-7-5-16/h4-7,11-13,18H,1-3,8-10H2,(H,22,23)(H,26,27). The third-order valence-electron chi connectivity index (χ3n) is 4.55. The highest BCUT2D eigenvalue weighted by Gasteiger charge is 2.32. The van der Waals surface area contributed by atoms with Crippen molar-refractivity contribution in [3.05, 3.63) is 53.3 Å². The van der Waals surface area contributed by atoms with Crippen molar-refractivity contribution in [3.8, 4) is 5.75 Å². The van der Waals surface area contributed by atoms with Crippen molar-refractivity contribution >= 4 is 29.2 Å². The fourth-order valence-electron chi connectivity index (χ4n) is 3.20. The molecule has 2 N–H and O–H groups in total. The third kappa shape index (κ3) is 5.13. The van der Waals surface area contributed by atoms with Gasteiger partial charge in [0, 0.05) is 41.8 Å². The van der Waals surface area contributed by atoms with Crippen LogP contribution < -0.4 is 10.1 Å². The van der Waals surface area contributed by atoms with Crippen molar-refractivity contribution in [3.63, 3.8) is 0 Å². The number of amides is 1. The molecule has 1 saturated heterocycles. The van der Waals surface area contributed by atoms with Gasteiger partial charge in [0.05, 0.1) is 0 Å². The van der Waals surface area contributed by atoms with Crippen LogP contribution >= 0.6 is 11.6 Å². The van der Waals surface area contributed by atoms with Crippen LogP contribution in [0.4, 0.5) is 5.69 Å². The van der Waals surface area contributed by atoms with Crippen LogP contribution in [0.25, 0.3) is 0 Å². The van der Waals surface area contributed by atoms with E-state index in [1.165, 1.54) is 4.90 Å². The number of benzene rings is 1. The van der Waals surface area contributed by atoms with Gasteiger partial charge in [-0.3, -0.25) is 9.78 Å². The van der Waals surface area contributed by atoms with Gasteiger partial charge in [0.15, 0.2) is 0 Å². The van der Waals surface area contributed by atoms with Gasteiger partial charge in [-0.25, -0.2) is 4.79 Å². The van der Waals surface area contributed by atoms with Crippen molar-refractivity contribution in [2.24, 2.45) is 0 Å². The van der Waals surface area contributed by atoms with Crippen LogP contribution in [-0.4, -0.2) is 52.6 Å². The number of nitrogens with zero attached hydrogens (tertiary/aromatic N) is 2. The largest absolute Gasteiger partial charge is 0.492 e. The SMILES string of the molecule is O=C(O)C1CCCCN1C(=O)c1cc(Cl)cc(OCCNc2ccncc2)c1. The molecular weight excluding hydrogens is 382 g/mol. The minimum atomic E-state index is -0.978. The van der Waals surface area contributed by atoms with Gasteiger partial charge in [-0.1, -0.05) is 11.6 Å². The molecule has 148 valence electrons. The van der Waals surface area contributed by atoms with E-state index in [-0.39, 0.29) is 5.91 Å². The molecule has 8 heteroatoms. The lowest BCUT2D eigenvalue weighted by atomic mass is 10.0. The number of carboxylic acid groups (broad SMARTS) is 1. The molecule has 1 fully saturated rings. The van der Waals surface area contributed by atoms with Gasteiger partial charge >= 0.3 is 5.97 Å². The first-order valence-corrected chi connectivity index (χ1v) is 9.53. The number of aliphatic carboxylic acids is 1. The van der Waals surface area contributed by atoms with Gasteiger partial charge in [-0.15, -0.1) is 0 Å². The molecule has 1 aromatic heterocycles. The van der Waals surface area contributed by atoms with Crippen LogP contribution in [0.3, 0.4) is 0 Å². The highest BCUT2D eigenvalue weighted by atomic mass is 35.5. The summed E-state index contributed by atoms with van der Waals surface area (Å²) in [7, 11) is 0. The second kappa shape index (κ2) is 9.41. The highest BCUT2D eigenvalue weighted by molar-refractivity contribution is 6.31. The number of hydrogen-bond donors (Lipinski definition) is 2. The number of ether oxygens (including phenoxy) is 1. The smallest absolute Gasteiger partial charge is 0.326 e. The Labute approximate surface area is 168 Å². The molecule has 0 saturated carbocycles. The van der Waals surface area contributed by atoms with E-state index in [0.717, 1.165) is 18.5 Å². The molecule has 2 aromatic rings. The maximum Gasteiger partial charge on any atom is 0.326 e. The first-order valence-electron chi connectivity index (χ1n) is 9.15. The Bertz CT molecular complexity index is 831. The van der Waals surface area contributed by atoms with Crippen LogP contribution in [-0.2, 0) is 4.79 Å². The lowest BCUT2D eigenvalue weighted by Crippen LogP contribution is -2.48. The molecule has 28 heavy (non-hydrogen) atoms. The number of carbonyl (C=O) groups excluding carboxylic acids is 1. The van der Waals surface area contributed by atoms with Crippen LogP contribution in [0.2, 0.25) is 5.02 Å². The number of hydrogen-bond acceptors (Lipinski definition) is 5. The average molecular weight is 404 g/mol. The van der Waals surface area contributed by atoms with Crippen molar-refractivity contribution in [2.75, 3.05) is 25.0 Å². The fourth-order valence-corrected chi connectivity index (χ4v) is 3.43. The van der Waals surface area contributed by atoms with E-state index in [2.05, 4.69) is 10.3 Å². The Morgan fingerprint density at radius 3 is 2.79 bits per heavy atom. The zero-order valence-corrected chi connectivity index (χ0v) is 16.1. The van der Waals surface area contributed by atoms with Crippen molar-refractivity contribution in [2.45, 2.75) is 25.3 Å². The predicted octanol–water partition coefficient (Wildman–Crippen LogP) is 3.31. The molecule has 1 atom stereocenters. The fraction of sp³-hybridized carbons (Fsp3) is 0.350. The van der Waals surface area contributed by atoms with Gasteiger partial charge < -0.3 is 20.1 Å². The monoisotopic (exact) mass is 403 g/mol. The zero-order chi connectivity index (χ0) is 19.9. The molecule has 1 aliphatic heterocycles. The molecule has 7 nitrogen and oxygen atoms in total. The van der Waals surface area contributed by atoms with E-state index >= 15 is 0 Å². The first kappa shape index (κ1) is 19.9. The number of halogens is 1. The Hall–Kier alpha value is -2.80. The Morgan fingerprint density at radius 2 is 2.04 bits per heavy atom. The molecule has 1 aliphatic rings. The Morgan fingerprint density at radius 1 is 1.25 bits per heavy atom. The number of carbonyl (C=O) groups is 2. The van der Waals surface area contributed by atoms with Crippen molar-refractivity contribution < 1.29 is 19.4 Å². The van der Waals surface area contributed by atoms with Crippen LogP contribution in [0.5, 0.6) is 5.75 Å². The van der Waals surface area contributed by atoms with E-state index in [0.29, 0.717) is 42.5 Å². The summed E-state index contributed by atoms with van der Waals surface area (Å²) >= 11 is 6.15. The van der Waals surface area contributed by atoms with Gasteiger partial charge in [-0.05, 0) is 49.6 Å². The van der Waals surface area contributed by atoms with Crippen molar-refractivity contribution in [1.29, 1.82) is 0 Å². The molecule has 0 spiro atoms. The normalized spacial score (nSPS) is 16.5. The molecule has 2 heterocycles. The van der Waals surface area contributed by atoms with E-state index in [9.17, 15) is 14.7 Å². The average Bonchev–Trinajstić information content (AvgIpc) is 2.71. The zero-order valence-electron chi connectivity index (χ0n) is 15.3. The maximum absolute atomic E-state index is 12.9. The molecule has 3 rings (SSSR count). The summed E-state index contributed by atoms with van der Waals surface area (Å²) in [4.78, 5) is 29.7. The van der Waals surface area contributed by atoms with E-state index in [4.69, 9.17) is 16.3 Å². The molecule has 0 radical (unpaired) electrons. The molecular formula is C20H22ClN3O4. The number of aromatic nitrogens is 1. The molecule has 0 aliphatic carbocycles. The summed E-state index contributed by atoms with van der Waals surface area (Å²) in [6.45, 7) is 1.36. The van der Waals surface area contributed by atoms with E-state index in [1.807, 2.05) is 12.1 Å². The van der Waals surface area contributed by atoms with Crippen LogP contribution in [0.15, 0.2) is 42.7 Å². The maximum atomic E-state index is 12.9. The third-order valence-corrected chi connectivity index (χ3v) is 4.77. The molecule has 0 bridgehead atoms.